The third-order valence-electron chi connectivity index (χ3n) is 2.55. The highest BCUT2D eigenvalue weighted by atomic mass is 16.5. The molecule has 0 aromatic heterocycles. The molecule has 1 unspecified atom stereocenters. The van der Waals surface area contributed by atoms with Gasteiger partial charge in [0.2, 0.25) is 12.3 Å². The maximum absolute atomic E-state index is 11.1. The predicted molar refractivity (Wildman–Crippen MR) is 76.3 cm³/mol. The Morgan fingerprint density at radius 3 is 2.74 bits per heavy atom. The van der Waals surface area contributed by atoms with E-state index >= 15 is 0 Å². The van der Waals surface area contributed by atoms with Gasteiger partial charge in [0.1, 0.15) is 0 Å². The van der Waals surface area contributed by atoms with Crippen LogP contribution in [0.5, 0.6) is 0 Å². The second-order valence-electron chi connectivity index (χ2n) is 4.33. The number of ether oxygens (including phenoxy) is 1. The molecule has 0 rings (SSSR count). The van der Waals surface area contributed by atoms with Crippen LogP contribution in [-0.2, 0) is 14.3 Å². The molecular weight excluding hydrogens is 242 g/mol. The second-order valence-corrected chi connectivity index (χ2v) is 4.33. The zero-order valence-electron chi connectivity index (χ0n) is 11.9. The minimum Gasteiger partial charge on any atom is -0.495 e. The quantitative estimate of drug-likeness (QED) is 0.396. The lowest BCUT2D eigenvalue weighted by molar-refractivity contribution is -0.125. The van der Waals surface area contributed by atoms with Gasteiger partial charge in [-0.05, 0) is 27.2 Å². The Morgan fingerprint density at radius 2 is 2.16 bits per heavy atom. The van der Waals surface area contributed by atoms with Gasteiger partial charge in [-0.3, -0.25) is 14.9 Å². The van der Waals surface area contributed by atoms with Crippen LogP contribution in [0.25, 0.3) is 0 Å². The highest BCUT2D eigenvalue weighted by Gasteiger charge is 2.07. The first kappa shape index (κ1) is 17.2. The van der Waals surface area contributed by atoms with E-state index in [1.807, 2.05) is 39.0 Å². The molecule has 0 radical (unpaired) electrons. The molecule has 2 amide bonds. The summed E-state index contributed by atoms with van der Waals surface area (Å²) in [7, 11) is 0. The van der Waals surface area contributed by atoms with E-state index in [2.05, 4.69) is 11.9 Å². The van der Waals surface area contributed by atoms with Gasteiger partial charge in [0, 0.05) is 12.8 Å². The summed E-state index contributed by atoms with van der Waals surface area (Å²) in [5.41, 5.74) is 1.19. The lowest BCUT2D eigenvalue weighted by Gasteiger charge is -2.15. The number of carbonyl (C=O) groups is 2. The Labute approximate surface area is 115 Å². The van der Waals surface area contributed by atoms with Gasteiger partial charge in [0.15, 0.2) is 0 Å². The molecule has 4 heteroatoms. The highest BCUT2D eigenvalue weighted by molar-refractivity contribution is 5.85. The van der Waals surface area contributed by atoms with Crippen molar-refractivity contribution in [3.63, 3.8) is 0 Å². The summed E-state index contributed by atoms with van der Waals surface area (Å²) >= 11 is 0. The van der Waals surface area contributed by atoms with Crippen molar-refractivity contribution in [1.29, 1.82) is 0 Å². The van der Waals surface area contributed by atoms with Gasteiger partial charge in [-0.2, -0.15) is 0 Å². The van der Waals surface area contributed by atoms with Crippen molar-refractivity contribution < 1.29 is 14.3 Å². The van der Waals surface area contributed by atoms with E-state index in [4.69, 9.17) is 4.74 Å². The summed E-state index contributed by atoms with van der Waals surface area (Å²) in [6, 6.07) is 0. The Balaban J connectivity index is 3.89. The summed E-state index contributed by atoms with van der Waals surface area (Å²) in [6.45, 7) is 9.71. The van der Waals surface area contributed by atoms with Crippen LogP contribution in [0.3, 0.4) is 0 Å². The summed E-state index contributed by atoms with van der Waals surface area (Å²) in [6.07, 6.45) is 7.78. The van der Waals surface area contributed by atoms with E-state index in [1.54, 1.807) is 0 Å². The molecule has 0 aromatic carbocycles. The van der Waals surface area contributed by atoms with E-state index in [0.29, 0.717) is 25.0 Å². The normalized spacial score (nSPS) is 13.1. The monoisotopic (exact) mass is 265 g/mol. The molecular formula is C15H23NO3. The second kappa shape index (κ2) is 10.1. The lowest BCUT2D eigenvalue weighted by atomic mass is 10.2. The minimum absolute atomic E-state index is 0.0962. The molecule has 0 saturated heterocycles. The Bertz CT molecular complexity index is 370. The number of nitrogens with one attached hydrogen (secondary N) is 1. The molecule has 0 fully saturated rings. The molecule has 19 heavy (non-hydrogen) atoms. The Hall–Kier alpha value is -1.84. The zero-order valence-corrected chi connectivity index (χ0v) is 11.9. The molecule has 1 N–H and O–H groups in total. The molecule has 0 aliphatic carbocycles. The van der Waals surface area contributed by atoms with E-state index < -0.39 is 0 Å². The van der Waals surface area contributed by atoms with Crippen molar-refractivity contribution in [3.05, 3.63) is 36.1 Å². The van der Waals surface area contributed by atoms with E-state index in [0.717, 1.165) is 0 Å². The number of hydrogen-bond donors (Lipinski definition) is 1. The number of amides is 2. The Kier molecular flexibility index (Phi) is 9.14. The third kappa shape index (κ3) is 9.83. The van der Waals surface area contributed by atoms with Crippen LogP contribution in [0.1, 0.15) is 40.0 Å². The summed E-state index contributed by atoms with van der Waals surface area (Å²) in [5.74, 6) is 0.378. The molecule has 0 aromatic rings. The fourth-order valence-corrected chi connectivity index (χ4v) is 1.34. The van der Waals surface area contributed by atoms with Gasteiger partial charge in [0.05, 0.1) is 11.9 Å². The van der Waals surface area contributed by atoms with Gasteiger partial charge in [-0.25, -0.2) is 0 Å². The molecule has 106 valence electrons. The molecule has 0 aliphatic heterocycles. The fraction of sp³-hybridized carbons (Fsp3) is 0.467. The highest BCUT2D eigenvalue weighted by Crippen LogP contribution is 2.10. The zero-order chi connectivity index (χ0) is 14.7. The van der Waals surface area contributed by atoms with Crippen molar-refractivity contribution in [2.75, 3.05) is 0 Å². The largest absolute Gasteiger partial charge is 0.495 e. The lowest BCUT2D eigenvalue weighted by Crippen LogP contribution is -2.22. The van der Waals surface area contributed by atoms with E-state index in [9.17, 15) is 9.59 Å². The molecule has 4 nitrogen and oxygen atoms in total. The maximum atomic E-state index is 11.1. The molecule has 1 atom stereocenters. The molecule has 0 spiro atoms. The van der Waals surface area contributed by atoms with Gasteiger partial charge < -0.3 is 4.74 Å². The van der Waals surface area contributed by atoms with Gasteiger partial charge >= 0.3 is 0 Å². The summed E-state index contributed by atoms with van der Waals surface area (Å²) in [5, 5.41) is 2.09. The average molecular weight is 265 g/mol. The standard InChI is InChI=1S/C15H23NO3/c1-5-12(2)7-6-8-13(3)19-14(4)9-10-15(18)16-11-17/h5-7,11,14H,3,8-10H2,1-2,4H3,(H,16,17,18)/b7-6-,12-5-. The van der Waals surface area contributed by atoms with E-state index in [1.165, 1.54) is 5.57 Å². The first-order valence-electron chi connectivity index (χ1n) is 6.36. The molecule has 0 aliphatic rings. The van der Waals surface area contributed by atoms with Crippen LogP contribution in [0.15, 0.2) is 36.1 Å². The van der Waals surface area contributed by atoms with Crippen LogP contribution in [0.4, 0.5) is 0 Å². The topological polar surface area (TPSA) is 55.4 Å². The van der Waals surface area contributed by atoms with Crippen LogP contribution in [0, 0.1) is 0 Å². The minimum atomic E-state index is -0.292. The fourth-order valence-electron chi connectivity index (χ4n) is 1.34. The predicted octanol–water partition coefficient (Wildman–Crippen LogP) is 2.87. The Morgan fingerprint density at radius 1 is 1.47 bits per heavy atom. The summed E-state index contributed by atoms with van der Waals surface area (Å²) < 4.78 is 5.56. The van der Waals surface area contributed by atoms with Crippen LogP contribution in [0.2, 0.25) is 0 Å². The van der Waals surface area contributed by atoms with Crippen molar-refractivity contribution >= 4 is 12.3 Å². The average Bonchev–Trinajstić information content (AvgIpc) is 2.36. The van der Waals surface area contributed by atoms with Crippen LogP contribution in [-0.4, -0.2) is 18.4 Å². The van der Waals surface area contributed by atoms with Crippen LogP contribution >= 0.6 is 0 Å². The first-order valence-corrected chi connectivity index (χ1v) is 6.36. The molecule has 0 saturated carbocycles. The van der Waals surface area contributed by atoms with Crippen molar-refractivity contribution in [2.45, 2.75) is 46.1 Å². The SMILES string of the molecule is C=C(C/C=C\C(C)=C/C)OC(C)CCC(=O)NC=O. The van der Waals surface area contributed by atoms with Crippen molar-refractivity contribution in [1.82, 2.24) is 5.32 Å². The molecule has 0 bridgehead atoms. The number of carbonyl (C=O) groups excluding carboxylic acids is 2. The number of rotatable bonds is 9. The number of hydrogen-bond acceptors (Lipinski definition) is 3. The first-order chi connectivity index (χ1) is 8.99. The van der Waals surface area contributed by atoms with E-state index in [-0.39, 0.29) is 18.4 Å². The van der Waals surface area contributed by atoms with Gasteiger partial charge in [-0.15, -0.1) is 0 Å². The van der Waals surface area contributed by atoms with Crippen LogP contribution < -0.4 is 5.32 Å². The number of imide groups is 1. The van der Waals surface area contributed by atoms with Crippen molar-refractivity contribution in [3.8, 4) is 0 Å². The van der Waals surface area contributed by atoms with Gasteiger partial charge in [-0.1, -0.05) is 30.4 Å². The number of allylic oxidation sites excluding steroid dienone is 4. The van der Waals surface area contributed by atoms with Gasteiger partial charge in [0.25, 0.3) is 0 Å². The van der Waals surface area contributed by atoms with Crippen molar-refractivity contribution in [2.24, 2.45) is 0 Å². The summed E-state index contributed by atoms with van der Waals surface area (Å²) in [4.78, 5) is 21.1. The maximum Gasteiger partial charge on any atom is 0.226 e. The third-order valence-corrected chi connectivity index (χ3v) is 2.55. The molecule has 0 heterocycles. The smallest absolute Gasteiger partial charge is 0.226 e.